The van der Waals surface area contributed by atoms with E-state index in [1.807, 2.05) is 0 Å². The molecule has 6 nitrogen and oxygen atoms in total. The molecule has 1 aromatic carbocycles. The highest BCUT2D eigenvalue weighted by Crippen LogP contribution is 2.24. The first-order valence-corrected chi connectivity index (χ1v) is 10.3. The lowest BCUT2D eigenvalue weighted by molar-refractivity contribution is 0.0341. The van der Waals surface area contributed by atoms with Crippen LogP contribution in [0.2, 0.25) is 0 Å². The number of guanidine groups is 1. The summed E-state index contributed by atoms with van der Waals surface area (Å²) in [5.74, 6) is 1.17. The molecule has 2 unspecified atom stereocenters. The molecule has 0 spiro atoms. The van der Waals surface area contributed by atoms with Gasteiger partial charge < -0.3 is 20.5 Å². The van der Waals surface area contributed by atoms with Crippen molar-refractivity contribution in [2.24, 2.45) is 10.9 Å². The normalized spacial score (nSPS) is 23.3. The summed E-state index contributed by atoms with van der Waals surface area (Å²) in [7, 11) is 0. The van der Waals surface area contributed by atoms with E-state index in [0.29, 0.717) is 12.5 Å². The first-order valence-electron chi connectivity index (χ1n) is 10.3. The third kappa shape index (κ3) is 7.17. The van der Waals surface area contributed by atoms with Crippen molar-refractivity contribution in [1.82, 2.24) is 15.5 Å². The summed E-state index contributed by atoms with van der Waals surface area (Å²) >= 11 is 0. The first kappa shape index (κ1) is 23.4. The molecule has 158 valence electrons. The molecule has 1 aliphatic carbocycles. The molecule has 3 rings (SSSR count). The third-order valence-electron chi connectivity index (χ3n) is 5.52. The van der Waals surface area contributed by atoms with Crippen LogP contribution in [0.5, 0.6) is 0 Å². The van der Waals surface area contributed by atoms with Gasteiger partial charge in [-0.3, -0.25) is 4.90 Å². The molecule has 7 heteroatoms. The zero-order chi connectivity index (χ0) is 18.9. The number of nitrogens with one attached hydrogen (secondary N) is 2. The molecule has 0 amide bonds. The summed E-state index contributed by atoms with van der Waals surface area (Å²) in [6.07, 6.45) is 2.97. The van der Waals surface area contributed by atoms with E-state index in [9.17, 15) is 5.11 Å². The summed E-state index contributed by atoms with van der Waals surface area (Å²) in [6, 6.07) is 8.57. The van der Waals surface area contributed by atoms with Gasteiger partial charge >= 0.3 is 0 Å². The van der Waals surface area contributed by atoms with Crippen LogP contribution in [0.25, 0.3) is 0 Å². The number of aliphatic hydroxyl groups is 1. The SMILES string of the molecule is CCNC(=NCc1ccccc1CN1CCOCC1)NCC1CCCC1O.I. The monoisotopic (exact) mass is 502 g/mol. The van der Waals surface area contributed by atoms with Gasteiger partial charge in [0.1, 0.15) is 0 Å². The standard InChI is InChI=1S/C21H34N4O2.HI/c1-2-22-21(24-15-18-8-5-9-20(18)26)23-14-17-6-3-4-7-19(17)16-25-10-12-27-13-11-25;/h3-4,6-7,18,20,26H,2,5,8-16H2,1H3,(H2,22,23,24);1H. The maximum Gasteiger partial charge on any atom is 0.191 e. The largest absolute Gasteiger partial charge is 0.393 e. The molecule has 1 aliphatic heterocycles. The average molecular weight is 502 g/mol. The van der Waals surface area contributed by atoms with Crippen molar-refractivity contribution in [1.29, 1.82) is 0 Å². The lowest BCUT2D eigenvalue weighted by Crippen LogP contribution is -2.41. The van der Waals surface area contributed by atoms with E-state index in [2.05, 4.69) is 46.7 Å². The van der Waals surface area contributed by atoms with E-state index in [4.69, 9.17) is 9.73 Å². The summed E-state index contributed by atoms with van der Waals surface area (Å²) < 4.78 is 5.45. The Kier molecular flexibility index (Phi) is 10.5. The highest BCUT2D eigenvalue weighted by molar-refractivity contribution is 14.0. The fourth-order valence-corrected chi connectivity index (χ4v) is 3.86. The lowest BCUT2D eigenvalue weighted by Gasteiger charge is -2.27. The molecule has 2 atom stereocenters. The van der Waals surface area contributed by atoms with E-state index in [-0.39, 0.29) is 30.1 Å². The summed E-state index contributed by atoms with van der Waals surface area (Å²) in [6.45, 7) is 8.92. The average Bonchev–Trinajstić information content (AvgIpc) is 3.11. The van der Waals surface area contributed by atoms with Crippen LogP contribution in [0.4, 0.5) is 0 Å². The molecule has 1 saturated heterocycles. The predicted molar refractivity (Wildman–Crippen MR) is 124 cm³/mol. The lowest BCUT2D eigenvalue weighted by atomic mass is 10.1. The van der Waals surface area contributed by atoms with Crippen LogP contribution < -0.4 is 10.6 Å². The van der Waals surface area contributed by atoms with Gasteiger partial charge in [-0.2, -0.15) is 0 Å². The van der Waals surface area contributed by atoms with E-state index in [1.54, 1.807) is 0 Å². The molecule has 2 aliphatic rings. The fourth-order valence-electron chi connectivity index (χ4n) is 3.86. The quantitative estimate of drug-likeness (QED) is 0.304. The van der Waals surface area contributed by atoms with Crippen LogP contribution in [-0.4, -0.2) is 61.5 Å². The zero-order valence-electron chi connectivity index (χ0n) is 16.9. The second-order valence-corrected chi connectivity index (χ2v) is 7.49. The van der Waals surface area contributed by atoms with E-state index < -0.39 is 0 Å². The van der Waals surface area contributed by atoms with Gasteiger partial charge in [0, 0.05) is 38.6 Å². The van der Waals surface area contributed by atoms with Crippen LogP contribution >= 0.6 is 24.0 Å². The van der Waals surface area contributed by atoms with Gasteiger partial charge in [-0.25, -0.2) is 4.99 Å². The second-order valence-electron chi connectivity index (χ2n) is 7.49. The second kappa shape index (κ2) is 12.6. The molecule has 0 radical (unpaired) electrons. The highest BCUT2D eigenvalue weighted by atomic mass is 127. The number of rotatable bonds is 7. The molecule has 3 N–H and O–H groups in total. The Labute approximate surface area is 186 Å². The number of benzene rings is 1. The molecule has 0 aromatic heterocycles. The topological polar surface area (TPSA) is 69.1 Å². The summed E-state index contributed by atoms with van der Waals surface area (Å²) in [5, 5.41) is 16.8. The van der Waals surface area contributed by atoms with Gasteiger partial charge in [-0.05, 0) is 30.9 Å². The van der Waals surface area contributed by atoms with E-state index in [1.165, 1.54) is 11.1 Å². The number of morpholine rings is 1. The van der Waals surface area contributed by atoms with Crippen LogP contribution in [0.1, 0.15) is 37.3 Å². The number of nitrogens with zero attached hydrogens (tertiary/aromatic N) is 2. The molecule has 1 aromatic rings. The Morgan fingerprint density at radius 3 is 2.61 bits per heavy atom. The Morgan fingerprint density at radius 1 is 1.18 bits per heavy atom. The van der Waals surface area contributed by atoms with Crippen LogP contribution in [0.3, 0.4) is 0 Å². The van der Waals surface area contributed by atoms with Crippen molar-refractivity contribution in [2.75, 3.05) is 39.4 Å². The van der Waals surface area contributed by atoms with Gasteiger partial charge in [0.15, 0.2) is 5.96 Å². The van der Waals surface area contributed by atoms with Crippen LogP contribution in [-0.2, 0) is 17.8 Å². The maximum absolute atomic E-state index is 10.0. The predicted octanol–water partition coefficient (Wildman–Crippen LogP) is 2.35. The van der Waals surface area contributed by atoms with Crippen molar-refractivity contribution >= 4 is 29.9 Å². The van der Waals surface area contributed by atoms with Crippen molar-refractivity contribution < 1.29 is 9.84 Å². The number of ether oxygens (including phenoxy) is 1. The van der Waals surface area contributed by atoms with Gasteiger partial charge in [-0.1, -0.05) is 30.7 Å². The third-order valence-corrected chi connectivity index (χ3v) is 5.52. The highest BCUT2D eigenvalue weighted by Gasteiger charge is 2.25. The summed E-state index contributed by atoms with van der Waals surface area (Å²) in [4.78, 5) is 7.23. The van der Waals surface area contributed by atoms with Crippen molar-refractivity contribution in [2.45, 2.75) is 45.4 Å². The van der Waals surface area contributed by atoms with Gasteiger partial charge in [0.2, 0.25) is 0 Å². The number of aliphatic hydroxyl groups excluding tert-OH is 1. The fraction of sp³-hybridized carbons (Fsp3) is 0.667. The first-order chi connectivity index (χ1) is 13.3. The molecule has 28 heavy (non-hydrogen) atoms. The Morgan fingerprint density at radius 2 is 1.93 bits per heavy atom. The van der Waals surface area contributed by atoms with E-state index in [0.717, 1.165) is 71.2 Å². The van der Waals surface area contributed by atoms with E-state index >= 15 is 0 Å². The van der Waals surface area contributed by atoms with Gasteiger partial charge in [0.05, 0.1) is 25.9 Å². The van der Waals surface area contributed by atoms with Gasteiger partial charge in [0.25, 0.3) is 0 Å². The smallest absolute Gasteiger partial charge is 0.191 e. The van der Waals surface area contributed by atoms with Crippen molar-refractivity contribution in [3.8, 4) is 0 Å². The Balaban J connectivity index is 0.00000280. The molecule has 1 heterocycles. The van der Waals surface area contributed by atoms with Crippen molar-refractivity contribution in [3.63, 3.8) is 0 Å². The van der Waals surface area contributed by atoms with Crippen LogP contribution in [0.15, 0.2) is 29.3 Å². The number of halogens is 1. The molecule has 0 bridgehead atoms. The minimum atomic E-state index is -0.172. The molecular formula is C21H35IN4O2. The number of aliphatic imine (C=N–C) groups is 1. The van der Waals surface area contributed by atoms with Gasteiger partial charge in [-0.15, -0.1) is 24.0 Å². The summed E-state index contributed by atoms with van der Waals surface area (Å²) in [5.41, 5.74) is 2.60. The number of hydrogen-bond acceptors (Lipinski definition) is 4. The molecule has 1 saturated carbocycles. The van der Waals surface area contributed by atoms with Crippen LogP contribution in [0, 0.1) is 5.92 Å². The zero-order valence-corrected chi connectivity index (χ0v) is 19.2. The minimum Gasteiger partial charge on any atom is -0.393 e. The molecule has 2 fully saturated rings. The molecular weight excluding hydrogens is 467 g/mol. The minimum absolute atomic E-state index is 0. The van der Waals surface area contributed by atoms with Crippen molar-refractivity contribution in [3.05, 3.63) is 35.4 Å². The maximum atomic E-state index is 10.0. The number of hydrogen-bond donors (Lipinski definition) is 3. The Hall–Kier alpha value is -0.900. The Bertz CT molecular complexity index is 608.